The maximum atomic E-state index is 6.88. The van der Waals surface area contributed by atoms with Gasteiger partial charge in [-0.3, -0.25) is 4.99 Å². The van der Waals surface area contributed by atoms with E-state index in [4.69, 9.17) is 9.73 Å². The molecule has 0 saturated carbocycles. The number of aliphatic imine (C=N–C) groups is 1. The van der Waals surface area contributed by atoms with Gasteiger partial charge in [0.1, 0.15) is 11.4 Å². The molecule has 0 radical (unpaired) electrons. The Morgan fingerprint density at radius 3 is 2.55 bits per heavy atom. The molecule has 2 heterocycles. The van der Waals surface area contributed by atoms with Crippen LogP contribution in [0.15, 0.2) is 76.6 Å². The van der Waals surface area contributed by atoms with E-state index >= 15 is 0 Å². The van der Waals surface area contributed by atoms with Crippen molar-refractivity contribution >= 4 is 50.9 Å². The molecule has 0 aliphatic carbocycles. The second-order valence-electron chi connectivity index (χ2n) is 8.92. The van der Waals surface area contributed by atoms with Crippen LogP contribution in [-0.2, 0) is 5.41 Å². The normalized spacial score (nSPS) is 20.8. The first-order chi connectivity index (χ1) is 15.0. The molecule has 6 rings (SSSR count). The van der Waals surface area contributed by atoms with Gasteiger partial charge in [-0.25, -0.2) is 0 Å². The van der Waals surface area contributed by atoms with Crippen molar-refractivity contribution in [2.75, 3.05) is 18.2 Å². The molecule has 2 aliphatic heterocycles. The zero-order valence-electron chi connectivity index (χ0n) is 18.1. The Morgan fingerprint density at radius 1 is 0.903 bits per heavy atom. The summed E-state index contributed by atoms with van der Waals surface area (Å²) in [5.41, 5.74) is 2.45. The number of likely N-dealkylation sites (N-methyl/N-ethyl adjacent to an activating group) is 1. The molecule has 0 fully saturated rings. The maximum absolute atomic E-state index is 6.88. The zero-order chi connectivity index (χ0) is 21.4. The van der Waals surface area contributed by atoms with Crippen molar-refractivity contribution in [1.29, 1.82) is 0 Å². The van der Waals surface area contributed by atoms with Gasteiger partial charge in [-0.05, 0) is 66.1 Å². The first-order valence-corrected chi connectivity index (χ1v) is 11.8. The molecular formula is C27H24N2OS. The molecule has 0 aromatic heterocycles. The van der Waals surface area contributed by atoms with Gasteiger partial charge in [0.25, 0.3) is 0 Å². The van der Waals surface area contributed by atoms with Crippen molar-refractivity contribution in [3.8, 4) is 5.75 Å². The minimum Gasteiger partial charge on any atom is -0.459 e. The number of hydrogen-bond acceptors (Lipinski definition) is 4. The predicted octanol–water partition coefficient (Wildman–Crippen LogP) is 6.93. The van der Waals surface area contributed by atoms with E-state index in [9.17, 15) is 0 Å². The smallest absolute Gasteiger partial charge is 0.228 e. The van der Waals surface area contributed by atoms with Crippen LogP contribution in [0.25, 0.3) is 21.5 Å². The quantitative estimate of drug-likeness (QED) is 0.310. The average molecular weight is 425 g/mol. The van der Waals surface area contributed by atoms with Crippen LogP contribution in [0, 0.1) is 0 Å². The summed E-state index contributed by atoms with van der Waals surface area (Å²) in [6, 6.07) is 23.8. The van der Waals surface area contributed by atoms with E-state index in [1.807, 2.05) is 6.21 Å². The Morgan fingerprint density at radius 2 is 1.71 bits per heavy atom. The molecule has 2 aliphatic rings. The van der Waals surface area contributed by atoms with Crippen molar-refractivity contribution in [3.63, 3.8) is 0 Å². The number of nitrogens with zero attached hydrogens (tertiary/aromatic N) is 2. The van der Waals surface area contributed by atoms with E-state index in [-0.39, 0.29) is 5.41 Å². The summed E-state index contributed by atoms with van der Waals surface area (Å²) in [6.07, 6.45) is 4.12. The molecule has 1 atom stereocenters. The Bertz CT molecular complexity index is 1410. The highest BCUT2D eigenvalue weighted by Gasteiger charge is 2.59. The highest BCUT2D eigenvalue weighted by molar-refractivity contribution is 7.98. The highest BCUT2D eigenvalue weighted by atomic mass is 32.2. The summed E-state index contributed by atoms with van der Waals surface area (Å²) < 4.78 is 6.88. The number of rotatable bonds is 1. The Labute approximate surface area is 186 Å². The van der Waals surface area contributed by atoms with Crippen molar-refractivity contribution in [3.05, 3.63) is 72.3 Å². The van der Waals surface area contributed by atoms with Crippen LogP contribution in [0.4, 0.5) is 11.4 Å². The Hall–Kier alpha value is -2.98. The van der Waals surface area contributed by atoms with Crippen molar-refractivity contribution in [2.45, 2.75) is 29.9 Å². The van der Waals surface area contributed by atoms with Gasteiger partial charge in [0.15, 0.2) is 0 Å². The molecule has 4 aromatic carbocycles. The molecule has 1 unspecified atom stereocenters. The lowest BCUT2D eigenvalue weighted by Gasteiger charge is -2.45. The van der Waals surface area contributed by atoms with Crippen molar-refractivity contribution < 1.29 is 4.74 Å². The van der Waals surface area contributed by atoms with Crippen LogP contribution in [0.1, 0.15) is 19.4 Å². The molecule has 1 spiro atoms. The summed E-state index contributed by atoms with van der Waals surface area (Å²) in [5.74, 6) is 0.837. The number of thioether (sulfide) groups is 1. The molecular weight excluding hydrogens is 400 g/mol. The second kappa shape index (κ2) is 6.27. The predicted molar refractivity (Wildman–Crippen MR) is 133 cm³/mol. The van der Waals surface area contributed by atoms with Gasteiger partial charge < -0.3 is 9.64 Å². The van der Waals surface area contributed by atoms with Gasteiger partial charge in [-0.2, -0.15) is 0 Å². The van der Waals surface area contributed by atoms with E-state index < -0.39 is 5.72 Å². The fourth-order valence-electron chi connectivity index (χ4n) is 5.38. The highest BCUT2D eigenvalue weighted by Crippen LogP contribution is 2.56. The van der Waals surface area contributed by atoms with Crippen LogP contribution < -0.4 is 9.64 Å². The minimum atomic E-state index is -0.681. The summed E-state index contributed by atoms with van der Waals surface area (Å²) in [7, 11) is 2.12. The summed E-state index contributed by atoms with van der Waals surface area (Å²) in [5, 5.41) is 4.85. The first-order valence-electron chi connectivity index (χ1n) is 10.6. The van der Waals surface area contributed by atoms with E-state index in [0.29, 0.717) is 0 Å². The van der Waals surface area contributed by atoms with Crippen LogP contribution in [0.2, 0.25) is 0 Å². The van der Waals surface area contributed by atoms with Crippen molar-refractivity contribution in [2.24, 2.45) is 4.99 Å². The summed E-state index contributed by atoms with van der Waals surface area (Å²) in [6.45, 7) is 4.54. The Balaban J connectivity index is 1.55. The number of ether oxygens (including phenoxy) is 1. The topological polar surface area (TPSA) is 24.8 Å². The second-order valence-corrected chi connectivity index (χ2v) is 9.80. The number of anilines is 1. The lowest BCUT2D eigenvalue weighted by atomic mass is 9.76. The molecule has 3 nitrogen and oxygen atoms in total. The van der Waals surface area contributed by atoms with E-state index in [1.54, 1.807) is 11.8 Å². The molecule has 4 aromatic rings. The molecule has 0 N–H and O–H groups in total. The standard InChI is InChI=1S/C27H24N2OS/c1-26(2)24-20-8-6-5-7-17(20)9-13-22(24)29(3)27(26)16-28-25-21-12-11-19(31-4)15-18(21)10-14-23(25)30-27/h5-16H,1-4H3. The van der Waals surface area contributed by atoms with Crippen LogP contribution in [0.5, 0.6) is 5.75 Å². The molecule has 0 saturated heterocycles. The van der Waals surface area contributed by atoms with E-state index in [2.05, 4.69) is 98.8 Å². The fraction of sp³-hybridized carbons (Fsp3) is 0.222. The van der Waals surface area contributed by atoms with Gasteiger partial charge >= 0.3 is 0 Å². The zero-order valence-corrected chi connectivity index (χ0v) is 19.0. The number of hydrogen-bond donors (Lipinski definition) is 0. The van der Waals surface area contributed by atoms with Gasteiger partial charge in [-0.1, -0.05) is 42.5 Å². The van der Waals surface area contributed by atoms with Gasteiger partial charge in [0.2, 0.25) is 5.72 Å². The molecule has 0 bridgehead atoms. The Kier molecular flexibility index (Phi) is 3.79. The largest absolute Gasteiger partial charge is 0.459 e. The summed E-state index contributed by atoms with van der Waals surface area (Å²) >= 11 is 1.75. The third-order valence-electron chi connectivity index (χ3n) is 7.08. The van der Waals surface area contributed by atoms with Crippen LogP contribution in [0.3, 0.4) is 0 Å². The van der Waals surface area contributed by atoms with E-state index in [1.165, 1.54) is 32.3 Å². The SMILES string of the molecule is CSc1ccc2c3c(ccc2c1)OC1(C=N3)N(C)c2ccc3ccccc3c2C1(C)C. The average Bonchev–Trinajstić information content (AvgIpc) is 2.96. The van der Waals surface area contributed by atoms with Crippen LogP contribution >= 0.6 is 11.8 Å². The monoisotopic (exact) mass is 424 g/mol. The lowest BCUT2D eigenvalue weighted by molar-refractivity contribution is 0.0831. The lowest BCUT2D eigenvalue weighted by Crippen LogP contribution is -2.61. The van der Waals surface area contributed by atoms with Crippen LogP contribution in [-0.4, -0.2) is 25.2 Å². The number of benzene rings is 4. The molecule has 0 amide bonds. The maximum Gasteiger partial charge on any atom is 0.228 e. The minimum absolute atomic E-state index is 0.295. The van der Waals surface area contributed by atoms with Gasteiger partial charge in [0.05, 0.1) is 11.6 Å². The van der Waals surface area contributed by atoms with E-state index in [0.717, 1.165) is 16.8 Å². The van der Waals surface area contributed by atoms with Gasteiger partial charge in [0, 0.05) is 23.0 Å². The summed E-state index contributed by atoms with van der Waals surface area (Å²) in [4.78, 5) is 8.53. The molecule has 154 valence electrons. The first kappa shape index (κ1) is 18.8. The fourth-order valence-corrected chi connectivity index (χ4v) is 5.83. The molecule has 31 heavy (non-hydrogen) atoms. The number of fused-ring (bicyclic) bond motifs is 6. The van der Waals surface area contributed by atoms with Crippen molar-refractivity contribution in [1.82, 2.24) is 0 Å². The molecule has 4 heteroatoms. The van der Waals surface area contributed by atoms with Gasteiger partial charge in [-0.15, -0.1) is 11.8 Å². The third kappa shape index (κ3) is 2.34. The third-order valence-corrected chi connectivity index (χ3v) is 7.81.